The van der Waals surface area contributed by atoms with Gasteiger partial charge in [-0.2, -0.15) is 62.4 Å². The number of nitrogens with zero attached hydrogens (tertiary/aromatic N) is 22. The standard InChI is InChI=1S/C36H45BrN12O2.C20H25BrN6O2.C20H31BrN6O.C15H22BrN5O.C10H13BrN6/c1-47-21-40-29-12-22(10-11-30(29)47)15-38-33-13-31(43-27-8-4-2-6-23(27)19-50)45-35-25(17-41-48(33)35)16-39-34-14-32(46-36-26(37)18-42-49(34)36)44-28-9-5-3-7-24(28)20-51;1-13-6-7-14(11-26(13)29)9-22-19-8-18(25-20-16(21)10-23-27(19)20)24-17-5-3-2-4-15(17)12-28;21-16-13-23-27-19(22-8-5-11-26-9-3-4-10-26)12-18(25-20(16)27)24-17-7-2-1-6-15(17)14-28;1-2-17-14-7-13(20-15-11(16)8-18-21(14)15)19-12-6-4-3-5-10(12)9-22;11-7-5-14-17-8(12)3-9(16-10(7)17)15-6-1-2-13-4-6/h10-14,17-18,21,23-24,27-28,38-39,50-51H,2-9,15-16,19-20H2,1H3,(H,43,45)(H,44,46);6-8,10-11,15,17,22,28H,2-5,9,12H2,1H3,(H,24,25);12-13,15,17,22,28H,1-11,14H2,(H,24,25);7-8,10,12,17,22H,2-6,9H2,1H3,(H,19,20);3,5-6,13H,1-2,4,12H2,(H,15,16)/t23-,24-,27-,28-;2*15-,17-;10-,12-;6-/m01000/s1. The van der Waals surface area contributed by atoms with Gasteiger partial charge in [0.05, 0.1) is 76.9 Å². The minimum Gasteiger partial charge on any atom is -0.619 e. The van der Waals surface area contributed by atoms with Crippen LogP contribution in [0.25, 0.3) is 44.9 Å². The van der Waals surface area contributed by atoms with E-state index in [2.05, 4.69) is 214 Å². The van der Waals surface area contributed by atoms with Crippen molar-refractivity contribution in [3.8, 4) is 0 Å². The van der Waals surface area contributed by atoms with E-state index in [0.29, 0.717) is 60.3 Å². The van der Waals surface area contributed by atoms with Gasteiger partial charge in [-0.25, -0.2) is 34.9 Å². The first-order valence-corrected chi connectivity index (χ1v) is 55.9. The number of rotatable bonds is 33. The van der Waals surface area contributed by atoms with Crippen LogP contribution in [0.1, 0.15) is 183 Å². The van der Waals surface area contributed by atoms with Crippen molar-refractivity contribution >= 4 is 194 Å². The molecule has 11 atom stereocenters. The van der Waals surface area contributed by atoms with Crippen LogP contribution < -0.4 is 74.3 Å². The molecule has 2 aliphatic heterocycles. The van der Waals surface area contributed by atoms with Gasteiger partial charge in [-0.05, 0) is 226 Å². The Labute approximate surface area is 895 Å². The van der Waals surface area contributed by atoms with Crippen LogP contribution in [0, 0.1) is 41.7 Å². The van der Waals surface area contributed by atoms with Crippen LogP contribution in [-0.2, 0) is 26.7 Å². The molecule has 46 heteroatoms. The predicted octanol–water partition coefficient (Wildman–Crippen LogP) is 15.7. The fraction of sp³-hybridized carbons (Fsp3) is 0.525. The van der Waals surface area contributed by atoms with E-state index in [-0.39, 0.29) is 81.0 Å². The number of anilines is 12. The van der Waals surface area contributed by atoms with Crippen molar-refractivity contribution in [1.82, 2.24) is 107 Å². The molecule has 16 heterocycles. The first kappa shape index (κ1) is 106. The second-order valence-electron chi connectivity index (χ2n) is 39.6. The normalized spacial score (nSPS) is 21.2. The van der Waals surface area contributed by atoms with E-state index in [4.69, 9.17) is 30.8 Å². The van der Waals surface area contributed by atoms with E-state index in [1.807, 2.05) is 81.7 Å². The maximum atomic E-state index is 11.8. The molecule has 22 rings (SSSR count). The maximum absolute atomic E-state index is 11.8. The van der Waals surface area contributed by atoms with Crippen LogP contribution >= 0.6 is 79.6 Å². The Hall–Kier alpha value is -10.9. The number of benzene rings is 1. The zero-order chi connectivity index (χ0) is 102. The number of fused-ring (bicyclic) bond motifs is 7. The molecule has 5 aliphatic carbocycles. The minimum absolute atomic E-state index is 0.145. The van der Waals surface area contributed by atoms with Crippen molar-refractivity contribution in [2.45, 2.75) is 224 Å². The quantitative estimate of drug-likeness (QED) is 0.0103. The lowest BCUT2D eigenvalue weighted by Crippen LogP contribution is -2.34. The third kappa shape index (κ3) is 26.2. The molecule has 7 aliphatic rings. The van der Waals surface area contributed by atoms with Crippen molar-refractivity contribution < 1.29 is 30.3 Å². The average Bonchev–Trinajstić information content (AvgIpc) is 1.76. The summed E-state index contributed by atoms with van der Waals surface area (Å²) in [4.78, 5) is 35.6. The van der Waals surface area contributed by atoms with Gasteiger partial charge in [-0.1, -0.05) is 70.3 Å². The van der Waals surface area contributed by atoms with Gasteiger partial charge < -0.3 is 110 Å². The molecule has 0 radical (unpaired) electrons. The molecule has 0 bridgehead atoms. The van der Waals surface area contributed by atoms with Crippen LogP contribution in [0.3, 0.4) is 0 Å². The molecule has 7 fully saturated rings. The van der Waals surface area contributed by atoms with Crippen molar-refractivity contribution in [2.75, 3.05) is 143 Å². The van der Waals surface area contributed by atoms with Gasteiger partial charge in [0, 0.05) is 206 Å². The first-order valence-electron chi connectivity index (χ1n) is 51.9. The first-order chi connectivity index (χ1) is 71.7. The average molecular weight is 2340 g/mol. The smallest absolute Gasteiger partial charge is 0.189 e. The van der Waals surface area contributed by atoms with Crippen LogP contribution in [-0.4, -0.2) is 243 Å². The molecule has 147 heavy (non-hydrogen) atoms. The number of aliphatic hydroxyl groups excluding tert-OH is 5. The van der Waals surface area contributed by atoms with Crippen molar-refractivity contribution in [1.29, 1.82) is 0 Å². The number of aryl methyl sites for hydroxylation is 2. The molecule has 0 amide bonds. The SMILES string of the molecule is CCNc1cc(N[C@H]2CCCC[C@H]2CO)nc2c(Br)cnn12.Cc1ccc(CNc2cc(N[C@@H]3CCCC[C@@H]3CO)nc3c(Br)cnn23)c[n+]1[O-].Cn1cnc2cc(CNc3cc(N[C@H]4CCCC[C@H]4CO)nc4c(CNc5cc(N[C@H]6CCCC[C@H]6CO)nc6c(Br)cnn56)cnn34)ccc21.Nc1cc(N[C@H]2CCNC2)nc2c(Br)cnn12.OC[C@@H]1CCCC[C@@H]1Nc1cc(NCCCN2CCCC2)n2ncc(Br)c2n1. The third-order valence-electron chi connectivity index (χ3n) is 29.4. The lowest BCUT2D eigenvalue weighted by atomic mass is 9.85. The Bertz CT molecular complexity index is 6880. The Balaban J connectivity index is 0.000000127. The summed E-state index contributed by atoms with van der Waals surface area (Å²) in [5.74, 6) is 10.8. The maximum Gasteiger partial charge on any atom is 0.189 e. The van der Waals surface area contributed by atoms with Crippen LogP contribution in [0.15, 0.2) is 139 Å². The number of nitrogen functional groups attached to an aromatic ring is 1. The molecular weight excluding hydrogens is 2200 g/mol. The molecule has 5 saturated carbocycles. The van der Waals surface area contributed by atoms with Crippen LogP contribution in [0.2, 0.25) is 0 Å². The number of aromatic nitrogens is 21. The highest BCUT2D eigenvalue weighted by atomic mass is 79.9. The lowest BCUT2D eigenvalue weighted by molar-refractivity contribution is -0.612. The number of hydrogen-bond acceptors (Lipinski definition) is 33. The van der Waals surface area contributed by atoms with E-state index < -0.39 is 0 Å². The Kier molecular flexibility index (Phi) is 36.5. The molecule has 14 aromatic heterocycles. The number of nitrogens with two attached hydrogens (primary N) is 1. The summed E-state index contributed by atoms with van der Waals surface area (Å²) >= 11 is 17.6. The predicted molar refractivity (Wildman–Crippen MR) is 594 cm³/mol. The van der Waals surface area contributed by atoms with Crippen molar-refractivity contribution in [3.63, 3.8) is 0 Å². The van der Waals surface area contributed by atoms with Crippen molar-refractivity contribution in [2.24, 2.45) is 36.6 Å². The summed E-state index contributed by atoms with van der Waals surface area (Å²) in [5.41, 5.74) is 16.0. The fourth-order valence-corrected chi connectivity index (χ4v) is 22.9. The molecule has 1 aromatic carbocycles. The van der Waals surface area contributed by atoms with Gasteiger partial charge in [-0.15, -0.1) is 0 Å². The molecule has 15 aromatic rings. The number of halogens is 5. The summed E-state index contributed by atoms with van der Waals surface area (Å²) in [7, 11) is 2.00. The van der Waals surface area contributed by atoms with Crippen LogP contribution in [0.4, 0.5) is 69.8 Å². The van der Waals surface area contributed by atoms with Gasteiger partial charge >= 0.3 is 0 Å². The minimum atomic E-state index is 0.145. The third-order valence-corrected chi connectivity index (χ3v) is 32.2. The van der Waals surface area contributed by atoms with Gasteiger partial charge in [0.15, 0.2) is 45.8 Å². The highest BCUT2D eigenvalue weighted by molar-refractivity contribution is 9.11. The lowest BCUT2D eigenvalue weighted by Gasteiger charge is -2.31. The number of hydrogen-bond donors (Lipinski definition) is 18. The van der Waals surface area contributed by atoms with E-state index in [9.17, 15) is 30.7 Å². The summed E-state index contributed by atoms with van der Waals surface area (Å²) in [6.45, 7) is 13.7. The monoisotopic (exact) mass is 2330 g/mol. The highest BCUT2D eigenvalue weighted by Gasteiger charge is 2.33. The van der Waals surface area contributed by atoms with E-state index in [1.54, 1.807) is 62.2 Å². The van der Waals surface area contributed by atoms with Gasteiger partial charge in [0.2, 0.25) is 0 Å². The van der Waals surface area contributed by atoms with Crippen LogP contribution in [0.5, 0.6) is 0 Å². The summed E-state index contributed by atoms with van der Waals surface area (Å²) in [6.07, 6.45) is 40.9. The summed E-state index contributed by atoms with van der Waals surface area (Å²) in [6, 6.07) is 23.3. The number of aliphatic hydroxyl groups is 5. The number of imidazole rings is 1. The second kappa shape index (κ2) is 50.6. The fourth-order valence-electron chi connectivity index (χ4n) is 21.2. The molecule has 19 N–H and O–H groups in total. The van der Waals surface area contributed by atoms with Gasteiger partial charge in [0.1, 0.15) is 69.8 Å². The van der Waals surface area contributed by atoms with Gasteiger partial charge in [0.25, 0.3) is 0 Å². The largest absolute Gasteiger partial charge is 0.619 e. The number of pyridine rings is 1. The Morgan fingerprint density at radius 2 is 0.782 bits per heavy atom. The van der Waals surface area contributed by atoms with E-state index in [1.165, 1.54) is 51.6 Å². The summed E-state index contributed by atoms with van der Waals surface area (Å²) in [5, 5.41) is 130. The van der Waals surface area contributed by atoms with Crippen molar-refractivity contribution in [3.05, 3.63) is 166 Å². The molecule has 0 unspecified atom stereocenters. The number of likely N-dealkylation sites (tertiary alicyclic amines) is 1. The highest BCUT2D eigenvalue weighted by Crippen LogP contribution is 2.38. The summed E-state index contributed by atoms with van der Waals surface area (Å²) < 4.78 is 17.7. The Morgan fingerprint density at radius 1 is 0.415 bits per heavy atom. The second-order valence-corrected chi connectivity index (χ2v) is 43.8. The number of nitrogens with one attached hydrogen (secondary N) is 12. The molecule has 0 spiro atoms. The van der Waals surface area contributed by atoms with E-state index in [0.717, 1.165) is 290 Å². The Morgan fingerprint density at radius 3 is 1.20 bits per heavy atom. The van der Waals surface area contributed by atoms with E-state index >= 15 is 0 Å². The molecule has 2 saturated heterocycles. The van der Waals surface area contributed by atoms with Gasteiger partial charge in [-0.3, -0.25) is 0 Å². The molecule has 786 valence electrons. The zero-order valence-electron chi connectivity index (χ0n) is 83.3. The zero-order valence-corrected chi connectivity index (χ0v) is 91.3. The topological polar surface area (TPSA) is 501 Å². The molecule has 41 nitrogen and oxygen atoms in total. The molecular formula is C101H136Br5N35O6.